The summed E-state index contributed by atoms with van der Waals surface area (Å²) >= 11 is 0. The SMILES string of the molecule is Cl.Fc1cc(O[C@@H]2CC[C@H]2NCc2c(F)ccc3cnccc23)cnc1F. The molecule has 0 amide bonds. The van der Waals surface area contributed by atoms with Crippen LogP contribution in [0, 0.1) is 17.6 Å². The lowest BCUT2D eigenvalue weighted by molar-refractivity contribution is 0.0708. The van der Waals surface area contributed by atoms with Gasteiger partial charge in [-0.25, -0.2) is 13.8 Å². The van der Waals surface area contributed by atoms with Gasteiger partial charge >= 0.3 is 0 Å². The van der Waals surface area contributed by atoms with Crippen molar-refractivity contribution in [3.05, 3.63) is 66.0 Å². The van der Waals surface area contributed by atoms with E-state index in [1.165, 1.54) is 6.07 Å². The number of pyridine rings is 2. The highest BCUT2D eigenvalue weighted by molar-refractivity contribution is 5.85. The molecule has 27 heavy (non-hydrogen) atoms. The quantitative estimate of drug-likeness (QED) is 0.659. The Labute approximate surface area is 160 Å². The van der Waals surface area contributed by atoms with Gasteiger partial charge in [-0.2, -0.15) is 4.39 Å². The molecule has 1 aliphatic carbocycles. The van der Waals surface area contributed by atoms with Gasteiger partial charge in [-0.05, 0) is 36.4 Å². The molecule has 0 saturated heterocycles. The molecule has 1 fully saturated rings. The van der Waals surface area contributed by atoms with E-state index in [2.05, 4.69) is 15.3 Å². The van der Waals surface area contributed by atoms with Gasteiger partial charge in [-0.3, -0.25) is 4.98 Å². The first-order valence-electron chi connectivity index (χ1n) is 8.34. The van der Waals surface area contributed by atoms with Gasteiger partial charge in [0.25, 0.3) is 0 Å². The van der Waals surface area contributed by atoms with Crippen molar-refractivity contribution in [2.24, 2.45) is 0 Å². The van der Waals surface area contributed by atoms with E-state index in [1.807, 2.05) is 0 Å². The maximum absolute atomic E-state index is 14.2. The highest BCUT2D eigenvalue weighted by Gasteiger charge is 2.33. The molecular weight excluding hydrogens is 379 g/mol. The summed E-state index contributed by atoms with van der Waals surface area (Å²) < 4.78 is 46.0. The van der Waals surface area contributed by atoms with Crippen LogP contribution in [-0.4, -0.2) is 22.1 Å². The van der Waals surface area contributed by atoms with Gasteiger partial charge in [0.2, 0.25) is 5.95 Å². The predicted octanol–water partition coefficient (Wildman–Crippen LogP) is 4.17. The summed E-state index contributed by atoms with van der Waals surface area (Å²) in [6, 6.07) is 5.90. The Hall–Kier alpha value is -2.38. The first kappa shape index (κ1) is 19.4. The molecule has 8 heteroatoms. The van der Waals surface area contributed by atoms with Gasteiger partial charge < -0.3 is 10.1 Å². The summed E-state index contributed by atoms with van der Waals surface area (Å²) in [5.41, 5.74) is 0.574. The van der Waals surface area contributed by atoms with Crippen molar-refractivity contribution in [1.29, 1.82) is 0 Å². The molecule has 0 bridgehead atoms. The summed E-state index contributed by atoms with van der Waals surface area (Å²) in [7, 11) is 0. The van der Waals surface area contributed by atoms with Crippen molar-refractivity contribution in [2.75, 3.05) is 0 Å². The standard InChI is InChI=1S/C19H16F3N3O.ClH/c20-15-2-1-11-8-23-6-5-13(11)14(15)10-24-17-3-4-18(17)26-12-7-16(21)19(22)25-9-12;/h1-2,5-9,17-18,24H,3-4,10H2;1H/t17-,18-;/m1./s1. The van der Waals surface area contributed by atoms with Crippen molar-refractivity contribution in [1.82, 2.24) is 15.3 Å². The van der Waals surface area contributed by atoms with E-state index in [4.69, 9.17) is 4.74 Å². The maximum Gasteiger partial charge on any atom is 0.249 e. The summed E-state index contributed by atoms with van der Waals surface area (Å²) in [4.78, 5) is 7.36. The van der Waals surface area contributed by atoms with Crippen LogP contribution >= 0.6 is 12.4 Å². The Kier molecular flexibility index (Phi) is 5.82. The maximum atomic E-state index is 14.2. The molecule has 1 saturated carbocycles. The van der Waals surface area contributed by atoms with Crippen molar-refractivity contribution >= 4 is 23.2 Å². The molecule has 0 radical (unpaired) electrons. The van der Waals surface area contributed by atoms with E-state index < -0.39 is 11.8 Å². The minimum Gasteiger partial charge on any atom is -0.487 e. The molecule has 0 unspecified atom stereocenters. The topological polar surface area (TPSA) is 47.0 Å². The molecule has 1 aliphatic rings. The Morgan fingerprint density at radius 3 is 2.67 bits per heavy atom. The fraction of sp³-hybridized carbons (Fsp3) is 0.263. The number of nitrogens with one attached hydrogen (secondary N) is 1. The van der Waals surface area contributed by atoms with Gasteiger partial charge in [0.1, 0.15) is 17.7 Å². The van der Waals surface area contributed by atoms with Gasteiger partial charge in [0.15, 0.2) is 5.82 Å². The summed E-state index contributed by atoms with van der Waals surface area (Å²) in [6.45, 7) is 0.341. The fourth-order valence-electron chi connectivity index (χ4n) is 3.11. The van der Waals surface area contributed by atoms with Gasteiger partial charge in [0.05, 0.1) is 6.20 Å². The number of ether oxygens (including phenoxy) is 1. The smallest absolute Gasteiger partial charge is 0.249 e. The lowest BCUT2D eigenvalue weighted by Gasteiger charge is -2.37. The Bertz CT molecular complexity index is 957. The van der Waals surface area contributed by atoms with Crippen molar-refractivity contribution in [2.45, 2.75) is 31.5 Å². The van der Waals surface area contributed by atoms with Crippen LogP contribution in [0.4, 0.5) is 13.2 Å². The van der Waals surface area contributed by atoms with Crippen molar-refractivity contribution < 1.29 is 17.9 Å². The normalized spacial score (nSPS) is 18.6. The van der Waals surface area contributed by atoms with Crippen molar-refractivity contribution in [3.8, 4) is 5.75 Å². The third-order valence-corrected chi connectivity index (χ3v) is 4.69. The molecule has 4 nitrogen and oxygen atoms in total. The number of halogens is 4. The molecule has 3 aromatic rings. The Balaban J connectivity index is 0.00000210. The molecule has 2 aromatic heterocycles. The Morgan fingerprint density at radius 2 is 1.93 bits per heavy atom. The van der Waals surface area contributed by atoms with Gasteiger partial charge in [0, 0.05) is 42.0 Å². The summed E-state index contributed by atoms with van der Waals surface area (Å²) in [5, 5.41) is 4.98. The number of hydrogen-bond donors (Lipinski definition) is 1. The zero-order valence-corrected chi connectivity index (χ0v) is 15.0. The molecular formula is C19H17ClF3N3O. The molecule has 4 rings (SSSR count). The van der Waals surface area contributed by atoms with E-state index in [1.54, 1.807) is 24.5 Å². The van der Waals surface area contributed by atoms with E-state index in [-0.39, 0.29) is 36.1 Å². The minimum atomic E-state index is -1.15. The predicted molar refractivity (Wildman–Crippen MR) is 97.4 cm³/mol. The number of nitrogens with zero attached hydrogens (tertiary/aromatic N) is 2. The first-order valence-corrected chi connectivity index (χ1v) is 8.34. The van der Waals surface area contributed by atoms with Crippen LogP contribution in [0.15, 0.2) is 42.9 Å². The third-order valence-electron chi connectivity index (χ3n) is 4.69. The number of aromatic nitrogens is 2. The molecule has 0 spiro atoms. The number of rotatable bonds is 5. The van der Waals surface area contributed by atoms with Crippen LogP contribution in [0.3, 0.4) is 0 Å². The lowest BCUT2D eigenvalue weighted by atomic mass is 9.88. The second kappa shape index (κ2) is 8.10. The van der Waals surface area contributed by atoms with Gasteiger partial charge in [-0.1, -0.05) is 0 Å². The van der Waals surface area contributed by atoms with Crippen LogP contribution in [0.2, 0.25) is 0 Å². The monoisotopic (exact) mass is 395 g/mol. The van der Waals surface area contributed by atoms with E-state index in [0.29, 0.717) is 12.1 Å². The largest absolute Gasteiger partial charge is 0.487 e. The van der Waals surface area contributed by atoms with Crippen LogP contribution < -0.4 is 10.1 Å². The zero-order chi connectivity index (χ0) is 18.1. The Morgan fingerprint density at radius 1 is 1.07 bits per heavy atom. The van der Waals surface area contributed by atoms with E-state index in [0.717, 1.165) is 35.9 Å². The second-order valence-corrected chi connectivity index (χ2v) is 6.29. The van der Waals surface area contributed by atoms with Crippen LogP contribution in [0.1, 0.15) is 18.4 Å². The average Bonchev–Trinajstić information content (AvgIpc) is 2.63. The van der Waals surface area contributed by atoms with Crippen molar-refractivity contribution in [3.63, 3.8) is 0 Å². The molecule has 0 aliphatic heterocycles. The third kappa shape index (κ3) is 3.99. The number of fused-ring (bicyclic) bond motifs is 1. The number of hydrogen-bond acceptors (Lipinski definition) is 4. The van der Waals surface area contributed by atoms with E-state index >= 15 is 0 Å². The number of benzene rings is 1. The molecule has 1 N–H and O–H groups in total. The van der Waals surface area contributed by atoms with Crippen LogP contribution in [-0.2, 0) is 6.54 Å². The molecule has 2 heterocycles. The van der Waals surface area contributed by atoms with Crippen LogP contribution in [0.25, 0.3) is 10.8 Å². The van der Waals surface area contributed by atoms with Crippen LogP contribution in [0.5, 0.6) is 5.75 Å². The second-order valence-electron chi connectivity index (χ2n) is 6.29. The van der Waals surface area contributed by atoms with Gasteiger partial charge in [-0.15, -0.1) is 12.4 Å². The zero-order valence-electron chi connectivity index (χ0n) is 14.2. The lowest BCUT2D eigenvalue weighted by Crippen LogP contribution is -2.50. The molecule has 2 atom stereocenters. The molecule has 1 aromatic carbocycles. The highest BCUT2D eigenvalue weighted by Crippen LogP contribution is 2.28. The summed E-state index contributed by atoms with van der Waals surface area (Å²) in [6.07, 6.45) is 5.93. The minimum absolute atomic E-state index is 0. The molecule has 142 valence electrons. The fourth-order valence-corrected chi connectivity index (χ4v) is 3.11. The van der Waals surface area contributed by atoms with E-state index in [9.17, 15) is 13.2 Å². The first-order chi connectivity index (χ1) is 12.6. The highest BCUT2D eigenvalue weighted by atomic mass is 35.5. The summed E-state index contributed by atoms with van der Waals surface area (Å²) in [5.74, 6) is -2.29. The average molecular weight is 396 g/mol.